The zero-order chi connectivity index (χ0) is 20.7. The van der Waals surface area contributed by atoms with Crippen LogP contribution in [0.5, 0.6) is 0 Å². The molecule has 9 nitrogen and oxygen atoms in total. The lowest BCUT2D eigenvalue weighted by atomic mass is 10.1. The highest BCUT2D eigenvalue weighted by Crippen LogP contribution is 2.34. The Morgan fingerprint density at radius 3 is 2.70 bits per heavy atom. The fourth-order valence-corrected chi connectivity index (χ4v) is 3.97. The van der Waals surface area contributed by atoms with Crippen LogP contribution in [0.25, 0.3) is 11.4 Å². The summed E-state index contributed by atoms with van der Waals surface area (Å²) in [4.78, 5) is 32.5. The van der Waals surface area contributed by atoms with Crippen LogP contribution in [0.15, 0.2) is 74.4 Å². The van der Waals surface area contributed by atoms with E-state index in [1.165, 1.54) is 21.7 Å². The van der Waals surface area contributed by atoms with Crippen molar-refractivity contribution in [3.05, 3.63) is 60.5 Å². The zero-order valence-electron chi connectivity index (χ0n) is 15.9. The number of carbonyl (C=O) groups excluding carboxylic acids is 2. The van der Waals surface area contributed by atoms with E-state index in [1.54, 1.807) is 6.07 Å². The van der Waals surface area contributed by atoms with Crippen LogP contribution < -0.4 is 4.90 Å². The van der Waals surface area contributed by atoms with E-state index in [1.807, 2.05) is 54.8 Å². The van der Waals surface area contributed by atoms with Crippen LogP contribution in [0.3, 0.4) is 0 Å². The molecule has 5 rings (SSSR count). The van der Waals surface area contributed by atoms with Crippen LogP contribution in [0, 0.1) is 0 Å². The van der Waals surface area contributed by atoms with E-state index in [2.05, 4.69) is 20.5 Å². The molecular weight excluding hydrogens is 404 g/mol. The first-order chi connectivity index (χ1) is 14.7. The molecule has 1 aromatic heterocycles. The fourth-order valence-electron chi connectivity index (χ4n) is 3.52. The minimum Gasteiger partial charge on any atom is -0.337 e. The maximum atomic E-state index is 13.1. The van der Waals surface area contributed by atoms with E-state index in [9.17, 15) is 9.59 Å². The first-order valence-corrected chi connectivity index (χ1v) is 10.5. The predicted octanol–water partition coefficient (Wildman–Crippen LogP) is 2.95. The molecule has 3 aromatic rings. The number of carbonyl (C=O) groups is 2. The number of amides is 2. The SMILES string of the molecule is CSc1cccc(N2C(=O)[C@@H]3[C@@H](N=NN3Cc3nc(-c4ccccc4)no3)C2=O)c1. The summed E-state index contributed by atoms with van der Waals surface area (Å²) >= 11 is 1.54. The summed E-state index contributed by atoms with van der Waals surface area (Å²) in [7, 11) is 0. The molecule has 2 aliphatic rings. The van der Waals surface area contributed by atoms with Crippen molar-refractivity contribution in [3.8, 4) is 11.4 Å². The molecule has 0 spiro atoms. The lowest BCUT2D eigenvalue weighted by molar-refractivity contribution is -0.123. The Morgan fingerprint density at radius 2 is 1.90 bits per heavy atom. The third-order valence-electron chi connectivity index (χ3n) is 4.97. The van der Waals surface area contributed by atoms with Crippen LogP contribution in [0.4, 0.5) is 5.69 Å². The summed E-state index contributed by atoms with van der Waals surface area (Å²) < 4.78 is 5.32. The molecule has 1 fully saturated rings. The number of thioether (sulfide) groups is 1. The number of anilines is 1. The quantitative estimate of drug-likeness (QED) is 0.462. The average molecular weight is 420 g/mol. The van der Waals surface area contributed by atoms with Crippen molar-refractivity contribution in [1.82, 2.24) is 15.1 Å². The van der Waals surface area contributed by atoms with Gasteiger partial charge in [-0.1, -0.05) is 46.8 Å². The summed E-state index contributed by atoms with van der Waals surface area (Å²) in [5.41, 5.74) is 1.35. The Bertz CT molecular complexity index is 1150. The Hall–Kier alpha value is -3.53. The largest absolute Gasteiger partial charge is 0.337 e. The van der Waals surface area contributed by atoms with Crippen LogP contribution in [0.1, 0.15) is 5.89 Å². The van der Waals surface area contributed by atoms with Gasteiger partial charge < -0.3 is 4.52 Å². The number of hydrogen-bond donors (Lipinski definition) is 0. The molecular formula is C20H16N6O3S. The highest BCUT2D eigenvalue weighted by atomic mass is 32.2. The second kappa shape index (κ2) is 7.38. The molecule has 0 aliphatic carbocycles. The number of rotatable bonds is 5. The number of imide groups is 1. The molecule has 2 atom stereocenters. The number of aromatic nitrogens is 2. The fraction of sp³-hybridized carbons (Fsp3) is 0.200. The molecule has 150 valence electrons. The highest BCUT2D eigenvalue weighted by molar-refractivity contribution is 7.98. The van der Waals surface area contributed by atoms with E-state index < -0.39 is 12.1 Å². The van der Waals surface area contributed by atoms with Gasteiger partial charge in [-0.25, -0.2) is 4.90 Å². The molecule has 3 heterocycles. The van der Waals surface area contributed by atoms with Gasteiger partial charge in [-0.05, 0) is 24.5 Å². The molecule has 2 aliphatic heterocycles. The molecule has 10 heteroatoms. The van der Waals surface area contributed by atoms with Crippen molar-refractivity contribution >= 4 is 29.3 Å². The van der Waals surface area contributed by atoms with Gasteiger partial charge in [0.05, 0.1) is 5.69 Å². The Kier molecular flexibility index (Phi) is 4.55. The molecule has 0 radical (unpaired) electrons. The summed E-state index contributed by atoms with van der Waals surface area (Å²) in [5.74, 6) is -0.0137. The van der Waals surface area contributed by atoms with Gasteiger partial charge in [-0.3, -0.25) is 14.6 Å². The Labute approximate surface area is 175 Å². The van der Waals surface area contributed by atoms with Crippen molar-refractivity contribution in [3.63, 3.8) is 0 Å². The normalized spacial score (nSPS) is 20.3. The van der Waals surface area contributed by atoms with Crippen LogP contribution >= 0.6 is 11.8 Å². The van der Waals surface area contributed by atoms with Gasteiger partial charge in [-0.15, -0.1) is 11.8 Å². The molecule has 2 amide bonds. The molecule has 30 heavy (non-hydrogen) atoms. The third kappa shape index (κ3) is 3.05. The average Bonchev–Trinajstić information content (AvgIpc) is 3.47. The lowest BCUT2D eigenvalue weighted by Crippen LogP contribution is -2.39. The predicted molar refractivity (Wildman–Crippen MR) is 108 cm³/mol. The topological polar surface area (TPSA) is 104 Å². The molecule has 0 saturated carbocycles. The van der Waals surface area contributed by atoms with Crippen LogP contribution in [-0.4, -0.2) is 45.3 Å². The van der Waals surface area contributed by atoms with E-state index in [-0.39, 0.29) is 24.2 Å². The molecule has 0 unspecified atom stereocenters. The van der Waals surface area contributed by atoms with Gasteiger partial charge in [-0.2, -0.15) is 10.1 Å². The second-order valence-electron chi connectivity index (χ2n) is 6.78. The van der Waals surface area contributed by atoms with Crippen molar-refractivity contribution in [2.45, 2.75) is 23.5 Å². The minimum absolute atomic E-state index is 0.0855. The highest BCUT2D eigenvalue weighted by Gasteiger charge is 2.55. The molecule has 0 bridgehead atoms. The molecule has 1 saturated heterocycles. The lowest BCUT2D eigenvalue weighted by Gasteiger charge is -2.19. The van der Waals surface area contributed by atoms with Crippen molar-refractivity contribution in [1.29, 1.82) is 0 Å². The number of nitrogens with zero attached hydrogens (tertiary/aromatic N) is 6. The monoisotopic (exact) mass is 420 g/mol. The van der Waals surface area contributed by atoms with Gasteiger partial charge in [0.1, 0.15) is 6.54 Å². The summed E-state index contributed by atoms with van der Waals surface area (Å²) in [5, 5.41) is 13.5. The van der Waals surface area contributed by atoms with Gasteiger partial charge in [0, 0.05) is 10.5 Å². The Balaban J connectivity index is 1.37. The van der Waals surface area contributed by atoms with Gasteiger partial charge in [0.15, 0.2) is 12.1 Å². The first-order valence-electron chi connectivity index (χ1n) is 9.23. The third-order valence-corrected chi connectivity index (χ3v) is 5.69. The first kappa shape index (κ1) is 18.5. The number of fused-ring (bicyclic) bond motifs is 1. The van der Waals surface area contributed by atoms with Crippen molar-refractivity contribution in [2.24, 2.45) is 10.3 Å². The second-order valence-corrected chi connectivity index (χ2v) is 7.66. The smallest absolute Gasteiger partial charge is 0.263 e. The minimum atomic E-state index is -0.869. The van der Waals surface area contributed by atoms with E-state index in [0.29, 0.717) is 11.5 Å². The summed E-state index contributed by atoms with van der Waals surface area (Å²) in [6, 6.07) is 15.0. The maximum Gasteiger partial charge on any atom is 0.263 e. The Morgan fingerprint density at radius 1 is 1.07 bits per heavy atom. The number of hydrogen-bond acceptors (Lipinski definition) is 9. The van der Waals surface area contributed by atoms with E-state index >= 15 is 0 Å². The van der Waals surface area contributed by atoms with Crippen LogP contribution in [-0.2, 0) is 16.1 Å². The maximum absolute atomic E-state index is 13.1. The van der Waals surface area contributed by atoms with E-state index in [0.717, 1.165) is 10.5 Å². The standard InChI is InChI=1S/C20H16N6O3S/c1-30-14-9-5-8-13(10-14)26-19(27)16-17(20(26)28)25(24-22-16)11-15-21-18(23-29-15)12-6-3-2-4-7-12/h2-10,16-17H,11H2,1H3/t16-,17+/m1/s1. The molecule has 0 N–H and O–H groups in total. The summed E-state index contributed by atoms with van der Waals surface area (Å²) in [6.07, 6.45) is 1.94. The van der Waals surface area contributed by atoms with Gasteiger partial charge in [0.2, 0.25) is 11.7 Å². The summed E-state index contributed by atoms with van der Waals surface area (Å²) in [6.45, 7) is 0.0855. The van der Waals surface area contributed by atoms with Gasteiger partial charge in [0.25, 0.3) is 11.8 Å². The van der Waals surface area contributed by atoms with Crippen LogP contribution in [0.2, 0.25) is 0 Å². The van der Waals surface area contributed by atoms with Crippen molar-refractivity contribution in [2.75, 3.05) is 11.2 Å². The van der Waals surface area contributed by atoms with Gasteiger partial charge >= 0.3 is 0 Å². The number of benzene rings is 2. The zero-order valence-corrected chi connectivity index (χ0v) is 16.7. The van der Waals surface area contributed by atoms with E-state index in [4.69, 9.17) is 4.52 Å². The molecule has 2 aromatic carbocycles. The van der Waals surface area contributed by atoms with Crippen molar-refractivity contribution < 1.29 is 14.1 Å².